The minimum Gasteiger partial charge on any atom is -0.465 e. The third-order valence-corrected chi connectivity index (χ3v) is 4.78. The molecule has 0 saturated carbocycles. The normalized spacial score (nSPS) is 11.9. The molecule has 0 radical (unpaired) electrons. The number of rotatable bonds is 7. The SMILES string of the molecule is CCOC(=O)[C@@H](C)Sc1nnc(-c2cccnc2)n1Cc1ccccc1. The fraction of sp³-hybridized carbons (Fsp3) is 0.263. The lowest BCUT2D eigenvalue weighted by Crippen LogP contribution is -2.17. The Morgan fingerprint density at radius 3 is 2.69 bits per heavy atom. The standard InChI is InChI=1S/C19H20N4O2S/c1-3-25-18(24)14(2)26-19-22-21-17(16-10-7-11-20-12-16)23(19)13-15-8-5-4-6-9-15/h4-12,14H,3,13H2,1-2H3/t14-/m1/s1. The molecule has 0 aliphatic carbocycles. The highest BCUT2D eigenvalue weighted by Gasteiger charge is 2.21. The number of carbonyl (C=O) groups is 1. The molecule has 1 aromatic carbocycles. The van der Waals surface area contributed by atoms with Crippen molar-refractivity contribution >= 4 is 17.7 Å². The highest BCUT2D eigenvalue weighted by atomic mass is 32.2. The van der Waals surface area contributed by atoms with Crippen LogP contribution in [0.2, 0.25) is 0 Å². The predicted molar refractivity (Wildman–Crippen MR) is 101 cm³/mol. The number of thioether (sulfide) groups is 1. The van der Waals surface area contributed by atoms with Crippen LogP contribution >= 0.6 is 11.8 Å². The summed E-state index contributed by atoms with van der Waals surface area (Å²) in [7, 11) is 0. The number of ether oxygens (including phenoxy) is 1. The van der Waals surface area contributed by atoms with Gasteiger partial charge in [-0.3, -0.25) is 14.3 Å². The van der Waals surface area contributed by atoms with Crippen LogP contribution in [-0.4, -0.2) is 37.6 Å². The molecule has 2 aromatic heterocycles. The second-order valence-electron chi connectivity index (χ2n) is 5.63. The molecule has 0 unspecified atom stereocenters. The third kappa shape index (κ3) is 4.29. The molecule has 0 aliphatic heterocycles. The molecule has 0 aliphatic rings. The van der Waals surface area contributed by atoms with Gasteiger partial charge in [-0.05, 0) is 31.5 Å². The molecule has 0 fully saturated rings. The predicted octanol–water partition coefficient (Wildman–Crippen LogP) is 3.43. The maximum Gasteiger partial charge on any atom is 0.319 e. The maximum atomic E-state index is 12.0. The average Bonchev–Trinajstić information content (AvgIpc) is 3.05. The van der Waals surface area contributed by atoms with Crippen LogP contribution in [0.5, 0.6) is 0 Å². The monoisotopic (exact) mass is 368 g/mol. The van der Waals surface area contributed by atoms with E-state index in [0.717, 1.165) is 17.0 Å². The van der Waals surface area contributed by atoms with Gasteiger partial charge < -0.3 is 4.74 Å². The molecule has 3 aromatic rings. The van der Waals surface area contributed by atoms with Gasteiger partial charge in [0, 0.05) is 18.0 Å². The molecule has 6 nitrogen and oxygen atoms in total. The van der Waals surface area contributed by atoms with Crippen molar-refractivity contribution in [3.05, 3.63) is 60.4 Å². The molecule has 2 heterocycles. The first-order chi connectivity index (χ1) is 12.7. The van der Waals surface area contributed by atoms with E-state index < -0.39 is 0 Å². The van der Waals surface area contributed by atoms with Crippen LogP contribution in [0.25, 0.3) is 11.4 Å². The Morgan fingerprint density at radius 1 is 1.19 bits per heavy atom. The highest BCUT2D eigenvalue weighted by Crippen LogP contribution is 2.28. The Labute approximate surface area is 156 Å². The molecule has 0 amide bonds. The van der Waals surface area contributed by atoms with Crippen LogP contribution in [-0.2, 0) is 16.1 Å². The van der Waals surface area contributed by atoms with Gasteiger partial charge in [0.15, 0.2) is 11.0 Å². The van der Waals surface area contributed by atoms with Gasteiger partial charge in [0.2, 0.25) is 0 Å². The Bertz CT molecular complexity index is 852. The van der Waals surface area contributed by atoms with Crippen LogP contribution in [0.1, 0.15) is 19.4 Å². The number of pyridine rings is 1. The molecular weight excluding hydrogens is 348 g/mol. The number of esters is 1. The van der Waals surface area contributed by atoms with E-state index in [4.69, 9.17) is 4.74 Å². The van der Waals surface area contributed by atoms with Crippen molar-refractivity contribution in [3.8, 4) is 11.4 Å². The van der Waals surface area contributed by atoms with E-state index in [2.05, 4.69) is 27.3 Å². The molecule has 134 valence electrons. The molecule has 3 rings (SSSR count). The zero-order chi connectivity index (χ0) is 18.4. The Hall–Kier alpha value is -2.67. The van der Waals surface area contributed by atoms with Crippen molar-refractivity contribution in [2.75, 3.05) is 6.61 Å². The number of hydrogen-bond donors (Lipinski definition) is 0. The number of aromatic nitrogens is 4. The summed E-state index contributed by atoms with van der Waals surface area (Å²) < 4.78 is 7.10. The zero-order valence-electron chi connectivity index (χ0n) is 14.7. The van der Waals surface area contributed by atoms with Crippen molar-refractivity contribution in [2.24, 2.45) is 0 Å². The molecule has 0 bridgehead atoms. The van der Waals surface area contributed by atoms with E-state index in [1.54, 1.807) is 19.3 Å². The van der Waals surface area contributed by atoms with E-state index >= 15 is 0 Å². The number of hydrogen-bond acceptors (Lipinski definition) is 6. The lowest BCUT2D eigenvalue weighted by atomic mass is 10.2. The van der Waals surface area contributed by atoms with Gasteiger partial charge in [0.1, 0.15) is 5.25 Å². The van der Waals surface area contributed by atoms with E-state index in [-0.39, 0.29) is 11.2 Å². The summed E-state index contributed by atoms with van der Waals surface area (Å²) in [6.07, 6.45) is 3.48. The first kappa shape index (κ1) is 18.1. The molecule has 0 N–H and O–H groups in total. The summed E-state index contributed by atoms with van der Waals surface area (Å²) in [5.74, 6) is 0.468. The largest absolute Gasteiger partial charge is 0.465 e. The molecular formula is C19H20N4O2S. The van der Waals surface area contributed by atoms with Gasteiger partial charge in [0.25, 0.3) is 0 Å². The van der Waals surface area contributed by atoms with E-state index in [0.29, 0.717) is 18.3 Å². The minimum absolute atomic E-state index is 0.255. The second kappa shape index (κ2) is 8.62. The van der Waals surface area contributed by atoms with E-state index in [1.807, 2.05) is 41.8 Å². The summed E-state index contributed by atoms with van der Waals surface area (Å²) in [5, 5.41) is 8.96. The lowest BCUT2D eigenvalue weighted by Gasteiger charge is -2.13. The maximum absolute atomic E-state index is 12.0. The van der Waals surface area contributed by atoms with Crippen molar-refractivity contribution in [3.63, 3.8) is 0 Å². The van der Waals surface area contributed by atoms with E-state index in [9.17, 15) is 4.79 Å². The summed E-state index contributed by atoms with van der Waals surface area (Å²) in [4.78, 5) is 16.2. The molecule has 0 spiro atoms. The third-order valence-electron chi connectivity index (χ3n) is 3.72. The van der Waals surface area contributed by atoms with Gasteiger partial charge in [-0.25, -0.2) is 0 Å². The number of nitrogens with zero attached hydrogens (tertiary/aromatic N) is 4. The molecule has 7 heteroatoms. The Morgan fingerprint density at radius 2 is 2.00 bits per heavy atom. The van der Waals surface area contributed by atoms with Gasteiger partial charge >= 0.3 is 5.97 Å². The zero-order valence-corrected chi connectivity index (χ0v) is 15.5. The smallest absolute Gasteiger partial charge is 0.319 e. The van der Waals surface area contributed by atoms with Crippen LogP contribution in [0.4, 0.5) is 0 Å². The van der Waals surface area contributed by atoms with Crippen molar-refractivity contribution in [1.82, 2.24) is 19.7 Å². The molecule has 0 saturated heterocycles. The summed E-state index contributed by atoms with van der Waals surface area (Å²) in [6.45, 7) is 4.58. The van der Waals surface area contributed by atoms with Crippen LogP contribution < -0.4 is 0 Å². The van der Waals surface area contributed by atoms with Crippen molar-refractivity contribution in [1.29, 1.82) is 0 Å². The number of carbonyl (C=O) groups excluding carboxylic acids is 1. The van der Waals surface area contributed by atoms with Gasteiger partial charge in [-0.15, -0.1) is 10.2 Å². The van der Waals surface area contributed by atoms with Crippen LogP contribution in [0, 0.1) is 0 Å². The summed E-state index contributed by atoms with van der Waals surface area (Å²) in [5.41, 5.74) is 2.01. The average molecular weight is 368 g/mol. The van der Waals surface area contributed by atoms with Crippen LogP contribution in [0.15, 0.2) is 60.0 Å². The van der Waals surface area contributed by atoms with E-state index in [1.165, 1.54) is 11.8 Å². The topological polar surface area (TPSA) is 69.9 Å². The fourth-order valence-electron chi connectivity index (χ4n) is 2.46. The first-order valence-corrected chi connectivity index (χ1v) is 9.27. The lowest BCUT2D eigenvalue weighted by molar-refractivity contribution is -0.142. The van der Waals surface area contributed by atoms with Gasteiger partial charge in [0.05, 0.1) is 13.2 Å². The van der Waals surface area contributed by atoms with Crippen molar-refractivity contribution < 1.29 is 9.53 Å². The molecule has 1 atom stereocenters. The Balaban J connectivity index is 1.94. The minimum atomic E-state index is -0.365. The molecule has 26 heavy (non-hydrogen) atoms. The van der Waals surface area contributed by atoms with Crippen molar-refractivity contribution in [2.45, 2.75) is 30.8 Å². The fourth-order valence-corrected chi connectivity index (χ4v) is 3.31. The first-order valence-electron chi connectivity index (χ1n) is 8.40. The highest BCUT2D eigenvalue weighted by molar-refractivity contribution is 8.00. The Kier molecular flexibility index (Phi) is 6.01. The van der Waals surface area contributed by atoms with Gasteiger partial charge in [-0.2, -0.15) is 0 Å². The quantitative estimate of drug-likeness (QED) is 0.470. The summed E-state index contributed by atoms with van der Waals surface area (Å²) >= 11 is 1.35. The summed E-state index contributed by atoms with van der Waals surface area (Å²) in [6, 6.07) is 13.9. The van der Waals surface area contributed by atoms with Crippen LogP contribution in [0.3, 0.4) is 0 Å². The number of benzene rings is 1. The second-order valence-corrected chi connectivity index (χ2v) is 6.94. The van der Waals surface area contributed by atoms with Gasteiger partial charge in [-0.1, -0.05) is 42.1 Å².